The van der Waals surface area contributed by atoms with Crippen molar-refractivity contribution in [1.29, 1.82) is 0 Å². The molecule has 1 amide bonds. The Labute approximate surface area is 117 Å². The highest BCUT2D eigenvalue weighted by molar-refractivity contribution is 5.67. The zero-order valence-electron chi connectivity index (χ0n) is 11.6. The number of hydrogen-bond donors (Lipinski definition) is 1. The van der Waals surface area contributed by atoms with Crippen molar-refractivity contribution >= 4 is 6.09 Å². The van der Waals surface area contributed by atoms with Crippen LogP contribution in [0.4, 0.5) is 4.79 Å². The monoisotopic (exact) mass is 265 g/mol. The summed E-state index contributed by atoms with van der Waals surface area (Å²) in [6, 6.07) is 0. The first kappa shape index (κ1) is 17.5. The Balaban J connectivity index is 0.00000324. The van der Waals surface area contributed by atoms with Crippen molar-refractivity contribution < 1.29 is 9.53 Å². The maximum absolute atomic E-state index is 11.4. The second-order valence-electron chi connectivity index (χ2n) is 5.42. The summed E-state index contributed by atoms with van der Waals surface area (Å²) in [5.74, 6) is 0. The molecular formula is C16H27NO2. The van der Waals surface area contributed by atoms with Crippen LogP contribution in [0.25, 0.3) is 0 Å². The van der Waals surface area contributed by atoms with Gasteiger partial charge < -0.3 is 10.1 Å². The molecule has 1 rings (SSSR count). The molecule has 0 atom stereocenters. The minimum Gasteiger partial charge on any atom is -0.444 e. The minimum atomic E-state index is -0.440. The summed E-state index contributed by atoms with van der Waals surface area (Å²) >= 11 is 0. The fourth-order valence-electron chi connectivity index (χ4n) is 1.75. The number of amides is 1. The molecule has 3 heteroatoms. The highest BCUT2D eigenvalue weighted by Crippen LogP contribution is 2.19. The van der Waals surface area contributed by atoms with Crippen molar-refractivity contribution in [2.24, 2.45) is 0 Å². The molecule has 0 fully saturated rings. The number of rotatable bonds is 4. The SMILES string of the molecule is C.C=CC1=CC(CCNC(=O)OC(C)(C)C)=CCC1. The molecule has 0 unspecified atom stereocenters. The van der Waals surface area contributed by atoms with Crippen LogP contribution < -0.4 is 5.32 Å². The second-order valence-corrected chi connectivity index (χ2v) is 5.42. The summed E-state index contributed by atoms with van der Waals surface area (Å²) in [7, 11) is 0. The highest BCUT2D eigenvalue weighted by Gasteiger charge is 2.15. The Morgan fingerprint density at radius 1 is 1.53 bits per heavy atom. The smallest absolute Gasteiger partial charge is 0.407 e. The molecule has 0 heterocycles. The van der Waals surface area contributed by atoms with Crippen LogP contribution in [0.15, 0.2) is 36.0 Å². The molecule has 19 heavy (non-hydrogen) atoms. The van der Waals surface area contributed by atoms with Gasteiger partial charge in [0.25, 0.3) is 0 Å². The molecule has 1 N–H and O–H groups in total. The normalized spacial score (nSPS) is 14.7. The van der Waals surface area contributed by atoms with Crippen molar-refractivity contribution in [2.75, 3.05) is 6.54 Å². The maximum atomic E-state index is 11.4. The van der Waals surface area contributed by atoms with Gasteiger partial charge in [0.2, 0.25) is 0 Å². The van der Waals surface area contributed by atoms with E-state index in [0.29, 0.717) is 6.54 Å². The largest absolute Gasteiger partial charge is 0.444 e. The van der Waals surface area contributed by atoms with Gasteiger partial charge in [0.05, 0.1) is 0 Å². The van der Waals surface area contributed by atoms with E-state index < -0.39 is 5.60 Å². The maximum Gasteiger partial charge on any atom is 0.407 e. The fraction of sp³-hybridized carbons (Fsp3) is 0.562. The lowest BCUT2D eigenvalue weighted by Gasteiger charge is -2.20. The summed E-state index contributed by atoms with van der Waals surface area (Å²) < 4.78 is 5.17. The zero-order valence-corrected chi connectivity index (χ0v) is 11.6. The Bertz CT molecular complexity index is 373. The van der Waals surface area contributed by atoms with Gasteiger partial charge >= 0.3 is 6.09 Å². The molecule has 0 aromatic carbocycles. The van der Waals surface area contributed by atoms with Gasteiger partial charge in [0.15, 0.2) is 0 Å². The number of nitrogens with one attached hydrogen (secondary N) is 1. The molecule has 3 nitrogen and oxygen atoms in total. The summed E-state index contributed by atoms with van der Waals surface area (Å²) in [6.45, 7) is 9.95. The van der Waals surface area contributed by atoms with E-state index in [1.807, 2.05) is 26.8 Å². The van der Waals surface area contributed by atoms with Gasteiger partial charge in [-0.05, 0) is 51.2 Å². The van der Waals surface area contributed by atoms with Crippen LogP contribution in [-0.2, 0) is 4.74 Å². The molecule has 0 saturated carbocycles. The van der Waals surface area contributed by atoms with Crippen LogP contribution in [0, 0.1) is 0 Å². The van der Waals surface area contributed by atoms with Crippen LogP contribution in [0.5, 0.6) is 0 Å². The predicted octanol–water partition coefficient (Wildman–Crippen LogP) is 4.37. The molecule has 108 valence electrons. The van der Waals surface area contributed by atoms with Crippen LogP contribution >= 0.6 is 0 Å². The molecule has 0 bridgehead atoms. The number of carbonyl (C=O) groups excluding carboxylic acids is 1. The molecule has 0 aromatic rings. The Morgan fingerprint density at radius 3 is 2.79 bits per heavy atom. The van der Waals surface area contributed by atoms with Crippen LogP contribution in [0.2, 0.25) is 0 Å². The van der Waals surface area contributed by atoms with Gasteiger partial charge in [-0.15, -0.1) is 0 Å². The van der Waals surface area contributed by atoms with E-state index in [2.05, 4.69) is 24.0 Å². The Morgan fingerprint density at radius 2 is 2.21 bits per heavy atom. The summed E-state index contributed by atoms with van der Waals surface area (Å²) in [5.41, 5.74) is 2.08. The summed E-state index contributed by atoms with van der Waals surface area (Å²) in [5, 5.41) is 2.76. The van der Waals surface area contributed by atoms with E-state index in [9.17, 15) is 4.79 Å². The van der Waals surface area contributed by atoms with E-state index in [1.54, 1.807) is 0 Å². The average Bonchev–Trinajstić information content (AvgIpc) is 2.27. The van der Waals surface area contributed by atoms with Crippen LogP contribution in [0.3, 0.4) is 0 Å². The van der Waals surface area contributed by atoms with E-state index in [1.165, 1.54) is 11.1 Å². The van der Waals surface area contributed by atoms with Gasteiger partial charge in [-0.3, -0.25) is 0 Å². The number of alkyl carbamates (subject to hydrolysis) is 1. The molecule has 0 radical (unpaired) electrons. The number of ether oxygens (including phenoxy) is 1. The first-order valence-corrected chi connectivity index (χ1v) is 6.39. The molecule has 1 aliphatic rings. The van der Waals surface area contributed by atoms with Crippen molar-refractivity contribution in [1.82, 2.24) is 5.32 Å². The fourth-order valence-corrected chi connectivity index (χ4v) is 1.75. The van der Waals surface area contributed by atoms with E-state index >= 15 is 0 Å². The van der Waals surface area contributed by atoms with Crippen molar-refractivity contribution in [2.45, 2.75) is 53.1 Å². The molecule has 0 saturated heterocycles. The van der Waals surface area contributed by atoms with Crippen molar-refractivity contribution in [3.63, 3.8) is 0 Å². The quantitative estimate of drug-likeness (QED) is 0.819. The van der Waals surface area contributed by atoms with Gasteiger partial charge in [0.1, 0.15) is 5.60 Å². The predicted molar refractivity (Wildman–Crippen MR) is 81.2 cm³/mol. The van der Waals surface area contributed by atoms with Crippen molar-refractivity contribution in [3.05, 3.63) is 36.0 Å². The van der Waals surface area contributed by atoms with E-state index in [0.717, 1.165) is 19.3 Å². The zero-order chi connectivity index (χ0) is 13.6. The molecule has 0 spiro atoms. The highest BCUT2D eigenvalue weighted by atomic mass is 16.6. The third-order valence-corrected chi connectivity index (χ3v) is 2.55. The van der Waals surface area contributed by atoms with Gasteiger partial charge in [-0.2, -0.15) is 0 Å². The lowest BCUT2D eigenvalue weighted by molar-refractivity contribution is 0.0528. The first-order chi connectivity index (χ1) is 8.40. The average molecular weight is 265 g/mol. The number of allylic oxidation sites excluding steroid dienone is 4. The van der Waals surface area contributed by atoms with E-state index in [-0.39, 0.29) is 13.5 Å². The molecule has 1 aliphatic carbocycles. The van der Waals surface area contributed by atoms with Gasteiger partial charge in [-0.1, -0.05) is 32.2 Å². The summed E-state index contributed by atoms with van der Waals surface area (Å²) in [6.07, 6.45) is 8.85. The molecular weight excluding hydrogens is 238 g/mol. The van der Waals surface area contributed by atoms with Crippen LogP contribution in [-0.4, -0.2) is 18.2 Å². The standard InChI is InChI=1S/C15H23NO2.CH4/c1-5-12-7-6-8-13(11-12)9-10-16-14(17)18-15(2,3)4;/h5,8,11H,1,6-7,9-10H2,2-4H3,(H,16,17);1H4. The summed E-state index contributed by atoms with van der Waals surface area (Å²) in [4.78, 5) is 11.4. The molecule has 0 aromatic heterocycles. The third kappa shape index (κ3) is 7.50. The third-order valence-electron chi connectivity index (χ3n) is 2.55. The topological polar surface area (TPSA) is 38.3 Å². The van der Waals surface area contributed by atoms with Gasteiger partial charge in [-0.25, -0.2) is 4.79 Å². The van der Waals surface area contributed by atoms with Crippen LogP contribution in [0.1, 0.15) is 47.5 Å². The van der Waals surface area contributed by atoms with Gasteiger partial charge in [0, 0.05) is 6.54 Å². The Kier molecular flexibility index (Phi) is 7.20. The lowest BCUT2D eigenvalue weighted by atomic mass is 9.98. The molecule has 0 aliphatic heterocycles. The lowest BCUT2D eigenvalue weighted by Crippen LogP contribution is -2.33. The van der Waals surface area contributed by atoms with E-state index in [4.69, 9.17) is 4.74 Å². The minimum absolute atomic E-state index is 0. The first-order valence-electron chi connectivity index (χ1n) is 6.39. The second kappa shape index (κ2) is 7.82. The van der Waals surface area contributed by atoms with Crippen molar-refractivity contribution in [3.8, 4) is 0 Å². The Hall–Kier alpha value is -1.51. The number of hydrogen-bond acceptors (Lipinski definition) is 2. The number of carbonyl (C=O) groups is 1.